The van der Waals surface area contributed by atoms with Gasteiger partial charge in [0.25, 0.3) is 0 Å². The van der Waals surface area contributed by atoms with E-state index in [0.29, 0.717) is 17.1 Å². The van der Waals surface area contributed by atoms with Crippen LogP contribution in [0.3, 0.4) is 0 Å². The summed E-state index contributed by atoms with van der Waals surface area (Å²) in [6, 6.07) is 9.63. The van der Waals surface area contributed by atoms with Gasteiger partial charge in [-0.2, -0.15) is 5.26 Å². The summed E-state index contributed by atoms with van der Waals surface area (Å²) in [4.78, 5) is 11.2. The second-order valence-electron chi connectivity index (χ2n) is 4.26. The number of carbonyl (C=O) groups is 1. The number of aromatic carboxylic acids is 1. The minimum absolute atomic E-state index is 0.0708. The van der Waals surface area contributed by atoms with Crippen LogP contribution in [0.2, 0.25) is 5.02 Å². The minimum Gasteiger partial charge on any atom is -0.478 e. The lowest BCUT2D eigenvalue weighted by atomic mass is 10.2. The van der Waals surface area contributed by atoms with Crippen LogP contribution in [0.1, 0.15) is 16.1 Å². The minimum atomic E-state index is -1.16. The summed E-state index contributed by atoms with van der Waals surface area (Å²) in [6.45, 7) is 0. The Hall–Kier alpha value is -3.11. The van der Waals surface area contributed by atoms with Crippen molar-refractivity contribution in [1.29, 1.82) is 5.26 Å². The fraction of sp³-hybridized carbons (Fsp3) is 0. The highest BCUT2D eigenvalue weighted by molar-refractivity contribution is 6.33. The fourth-order valence-electron chi connectivity index (χ4n) is 1.98. The van der Waals surface area contributed by atoms with Crippen LogP contribution in [0.4, 0.5) is 0 Å². The molecular formula is C14H7ClN4O3. The number of hydrogen-bond donors (Lipinski definition) is 1. The Kier molecular flexibility index (Phi) is 3.37. The SMILES string of the molecule is N#Cc1nnn(-c2ccc(Cl)c(C(=O)O)c2)c1-c1ccco1. The summed E-state index contributed by atoms with van der Waals surface area (Å²) in [5, 5.41) is 26.1. The third kappa shape index (κ3) is 2.21. The molecule has 7 nitrogen and oxygen atoms in total. The Morgan fingerprint density at radius 3 is 2.86 bits per heavy atom. The van der Waals surface area contributed by atoms with Crippen molar-refractivity contribution in [3.8, 4) is 23.2 Å². The molecule has 0 saturated carbocycles. The third-order valence-corrected chi connectivity index (χ3v) is 3.29. The van der Waals surface area contributed by atoms with E-state index in [1.807, 2.05) is 6.07 Å². The van der Waals surface area contributed by atoms with Crippen LogP contribution < -0.4 is 0 Å². The van der Waals surface area contributed by atoms with Gasteiger partial charge >= 0.3 is 5.97 Å². The highest BCUT2D eigenvalue weighted by atomic mass is 35.5. The molecule has 108 valence electrons. The first kappa shape index (κ1) is 13.9. The summed E-state index contributed by atoms with van der Waals surface area (Å²) in [5.41, 5.74) is 0.744. The maximum atomic E-state index is 11.2. The van der Waals surface area contributed by atoms with E-state index < -0.39 is 5.97 Å². The molecule has 0 aliphatic carbocycles. The second kappa shape index (κ2) is 5.35. The Morgan fingerprint density at radius 1 is 1.41 bits per heavy atom. The number of halogens is 1. The van der Waals surface area contributed by atoms with Crippen molar-refractivity contribution in [3.05, 3.63) is 52.9 Å². The molecule has 0 saturated heterocycles. The average Bonchev–Trinajstić information content (AvgIpc) is 3.15. The number of benzene rings is 1. The molecule has 0 bridgehead atoms. The number of nitriles is 1. The zero-order chi connectivity index (χ0) is 15.7. The van der Waals surface area contributed by atoms with Gasteiger partial charge in [-0.25, -0.2) is 9.48 Å². The molecule has 2 aromatic heterocycles. The van der Waals surface area contributed by atoms with E-state index in [4.69, 9.17) is 26.4 Å². The van der Waals surface area contributed by atoms with Crippen LogP contribution in [0.25, 0.3) is 17.1 Å². The molecule has 0 spiro atoms. The summed E-state index contributed by atoms with van der Waals surface area (Å²) in [7, 11) is 0. The Balaban J connectivity index is 2.22. The maximum absolute atomic E-state index is 11.2. The van der Waals surface area contributed by atoms with E-state index in [1.165, 1.54) is 23.1 Å². The van der Waals surface area contributed by atoms with Gasteiger partial charge in [-0.05, 0) is 30.3 Å². The molecular weight excluding hydrogens is 308 g/mol. The van der Waals surface area contributed by atoms with E-state index in [1.54, 1.807) is 18.2 Å². The second-order valence-corrected chi connectivity index (χ2v) is 4.66. The molecule has 0 aliphatic rings. The molecule has 0 amide bonds. The van der Waals surface area contributed by atoms with Crippen LogP contribution in [0.15, 0.2) is 41.0 Å². The molecule has 1 N–H and O–H groups in total. The summed E-state index contributed by atoms with van der Waals surface area (Å²) in [5.74, 6) is -0.764. The normalized spacial score (nSPS) is 10.4. The summed E-state index contributed by atoms with van der Waals surface area (Å²) < 4.78 is 6.62. The quantitative estimate of drug-likeness (QED) is 0.797. The molecule has 0 unspecified atom stereocenters. The van der Waals surface area contributed by atoms with Gasteiger partial charge in [-0.15, -0.1) is 5.10 Å². The number of aromatic nitrogens is 3. The number of carboxylic acids is 1. The van der Waals surface area contributed by atoms with E-state index in [9.17, 15) is 4.79 Å². The van der Waals surface area contributed by atoms with Gasteiger partial charge in [0.05, 0.1) is 22.5 Å². The van der Waals surface area contributed by atoms with Crippen molar-refractivity contribution in [2.24, 2.45) is 0 Å². The van der Waals surface area contributed by atoms with Gasteiger partial charge in [-0.3, -0.25) is 0 Å². The molecule has 0 atom stereocenters. The maximum Gasteiger partial charge on any atom is 0.337 e. The third-order valence-electron chi connectivity index (χ3n) is 2.96. The van der Waals surface area contributed by atoms with E-state index in [-0.39, 0.29) is 16.3 Å². The lowest BCUT2D eigenvalue weighted by Crippen LogP contribution is -2.03. The molecule has 2 heterocycles. The largest absolute Gasteiger partial charge is 0.478 e. The van der Waals surface area contributed by atoms with Crippen molar-refractivity contribution in [2.75, 3.05) is 0 Å². The van der Waals surface area contributed by atoms with Crippen LogP contribution in [-0.4, -0.2) is 26.1 Å². The van der Waals surface area contributed by atoms with Gasteiger partial charge in [0.15, 0.2) is 11.5 Å². The predicted molar refractivity (Wildman–Crippen MR) is 75.7 cm³/mol. The van der Waals surface area contributed by atoms with Crippen LogP contribution in [0, 0.1) is 11.3 Å². The highest BCUT2D eigenvalue weighted by Gasteiger charge is 2.20. The Labute approximate surface area is 129 Å². The van der Waals surface area contributed by atoms with Crippen LogP contribution in [-0.2, 0) is 0 Å². The topological polar surface area (TPSA) is 105 Å². The average molecular weight is 315 g/mol. The van der Waals surface area contributed by atoms with E-state index in [2.05, 4.69) is 10.3 Å². The first-order chi connectivity index (χ1) is 10.6. The lowest BCUT2D eigenvalue weighted by Gasteiger charge is -2.06. The predicted octanol–water partition coefficient (Wildman–Crippen LogP) is 2.75. The Bertz CT molecular complexity index is 893. The van der Waals surface area contributed by atoms with Gasteiger partial charge in [-0.1, -0.05) is 16.8 Å². The van der Waals surface area contributed by atoms with Crippen molar-refractivity contribution < 1.29 is 14.3 Å². The van der Waals surface area contributed by atoms with Crippen molar-refractivity contribution in [3.63, 3.8) is 0 Å². The number of furan rings is 1. The van der Waals surface area contributed by atoms with Crippen LogP contribution >= 0.6 is 11.6 Å². The highest BCUT2D eigenvalue weighted by Crippen LogP contribution is 2.27. The van der Waals surface area contributed by atoms with Gasteiger partial charge in [0, 0.05) is 0 Å². The zero-order valence-electron chi connectivity index (χ0n) is 10.9. The number of carboxylic acid groups (broad SMARTS) is 1. The standard InChI is InChI=1S/C14H7ClN4O3/c15-10-4-3-8(6-9(10)14(20)21)19-13(11(7-16)17-18-19)12-2-1-5-22-12/h1-6H,(H,20,21). The molecule has 22 heavy (non-hydrogen) atoms. The lowest BCUT2D eigenvalue weighted by molar-refractivity contribution is 0.0697. The Morgan fingerprint density at radius 2 is 2.23 bits per heavy atom. The number of rotatable bonds is 3. The number of hydrogen-bond acceptors (Lipinski definition) is 5. The first-order valence-electron chi connectivity index (χ1n) is 6.04. The number of nitrogens with zero attached hydrogens (tertiary/aromatic N) is 4. The van der Waals surface area contributed by atoms with Crippen LogP contribution in [0.5, 0.6) is 0 Å². The molecule has 0 radical (unpaired) electrons. The van der Waals surface area contributed by atoms with Crippen molar-refractivity contribution in [2.45, 2.75) is 0 Å². The zero-order valence-corrected chi connectivity index (χ0v) is 11.7. The summed E-state index contributed by atoms with van der Waals surface area (Å²) >= 11 is 5.85. The van der Waals surface area contributed by atoms with Gasteiger partial charge in [0.1, 0.15) is 11.8 Å². The fourth-order valence-corrected chi connectivity index (χ4v) is 2.18. The molecule has 8 heteroatoms. The van der Waals surface area contributed by atoms with E-state index >= 15 is 0 Å². The summed E-state index contributed by atoms with van der Waals surface area (Å²) in [6.07, 6.45) is 1.46. The molecule has 3 rings (SSSR count). The molecule has 1 aromatic carbocycles. The monoisotopic (exact) mass is 314 g/mol. The van der Waals surface area contributed by atoms with Gasteiger partial charge < -0.3 is 9.52 Å². The van der Waals surface area contributed by atoms with Crippen molar-refractivity contribution in [1.82, 2.24) is 15.0 Å². The smallest absolute Gasteiger partial charge is 0.337 e. The molecule has 3 aromatic rings. The molecule has 0 fully saturated rings. The van der Waals surface area contributed by atoms with Crippen molar-refractivity contribution >= 4 is 17.6 Å². The van der Waals surface area contributed by atoms with E-state index in [0.717, 1.165) is 0 Å². The molecule has 0 aliphatic heterocycles. The first-order valence-corrected chi connectivity index (χ1v) is 6.42. The van der Waals surface area contributed by atoms with Gasteiger partial charge in [0.2, 0.25) is 0 Å².